The van der Waals surface area contributed by atoms with E-state index in [4.69, 9.17) is 9.84 Å². The summed E-state index contributed by atoms with van der Waals surface area (Å²) in [6.07, 6.45) is 0.472. The topological polar surface area (TPSA) is 99.4 Å². The van der Waals surface area contributed by atoms with E-state index in [0.29, 0.717) is 17.0 Å². The molecule has 0 heterocycles. The molecule has 0 radical (unpaired) electrons. The van der Waals surface area contributed by atoms with E-state index >= 15 is 0 Å². The molecular formula is C19H15BrN2O4. The summed E-state index contributed by atoms with van der Waals surface area (Å²) < 4.78 is 6.04. The van der Waals surface area contributed by atoms with Crippen molar-refractivity contribution in [2.75, 3.05) is 5.32 Å². The molecule has 0 aromatic heterocycles. The summed E-state index contributed by atoms with van der Waals surface area (Å²) in [7, 11) is 0. The van der Waals surface area contributed by atoms with Gasteiger partial charge in [-0.1, -0.05) is 34.1 Å². The minimum Gasteiger partial charge on any atom is -0.479 e. The zero-order chi connectivity index (χ0) is 19.1. The van der Waals surface area contributed by atoms with Gasteiger partial charge in [0.1, 0.15) is 17.4 Å². The Hall–Kier alpha value is -3.11. The predicted molar refractivity (Wildman–Crippen MR) is 101 cm³/mol. The lowest BCUT2D eigenvalue weighted by molar-refractivity contribution is -0.144. The fourth-order valence-corrected chi connectivity index (χ4v) is 2.38. The lowest BCUT2D eigenvalue weighted by atomic mass is 10.1. The highest BCUT2D eigenvalue weighted by atomic mass is 79.9. The highest BCUT2D eigenvalue weighted by Crippen LogP contribution is 2.18. The molecule has 6 nitrogen and oxygen atoms in total. The zero-order valence-corrected chi connectivity index (χ0v) is 15.4. The number of amides is 1. The highest BCUT2D eigenvalue weighted by Gasteiger charge is 2.13. The summed E-state index contributed by atoms with van der Waals surface area (Å²) >= 11 is 3.31. The van der Waals surface area contributed by atoms with Crippen LogP contribution in [0.5, 0.6) is 5.75 Å². The van der Waals surface area contributed by atoms with Crippen molar-refractivity contribution in [1.29, 1.82) is 5.26 Å². The van der Waals surface area contributed by atoms with E-state index in [0.717, 1.165) is 4.47 Å². The Balaban J connectivity index is 2.11. The molecule has 0 bridgehead atoms. The minimum atomic E-state index is -1.06. The second-order valence-electron chi connectivity index (χ2n) is 5.30. The van der Waals surface area contributed by atoms with E-state index in [2.05, 4.69) is 21.2 Å². The van der Waals surface area contributed by atoms with Gasteiger partial charge < -0.3 is 15.2 Å². The number of aliphatic carboxylic acids is 1. The second-order valence-corrected chi connectivity index (χ2v) is 6.22. The average molecular weight is 415 g/mol. The summed E-state index contributed by atoms with van der Waals surface area (Å²) in [4.78, 5) is 23.0. The van der Waals surface area contributed by atoms with Gasteiger partial charge in [-0.15, -0.1) is 0 Å². The number of hydrogen-bond donors (Lipinski definition) is 2. The number of rotatable bonds is 6. The molecule has 0 unspecified atom stereocenters. The highest BCUT2D eigenvalue weighted by molar-refractivity contribution is 9.10. The Morgan fingerprint density at radius 1 is 1.27 bits per heavy atom. The third-order valence-electron chi connectivity index (χ3n) is 3.30. The molecule has 132 valence electrons. The largest absolute Gasteiger partial charge is 0.479 e. The standard InChI is InChI=1S/C19H15BrN2O4/c1-12(19(24)25)26-17-7-5-13(6-8-17)9-14(11-21)18(23)22-16-4-2-3-15(20)10-16/h2-10,12H,1H3,(H,22,23)(H,24,25)/b14-9-/t12-/m0/s1. The van der Waals surface area contributed by atoms with Crippen molar-refractivity contribution in [3.05, 3.63) is 64.1 Å². The van der Waals surface area contributed by atoms with Gasteiger partial charge in [0.15, 0.2) is 6.10 Å². The molecule has 2 aromatic carbocycles. The van der Waals surface area contributed by atoms with Crippen LogP contribution in [0.3, 0.4) is 0 Å². The van der Waals surface area contributed by atoms with Crippen molar-refractivity contribution in [1.82, 2.24) is 0 Å². The number of benzene rings is 2. The van der Waals surface area contributed by atoms with Crippen LogP contribution in [0.2, 0.25) is 0 Å². The number of halogens is 1. The van der Waals surface area contributed by atoms with Crippen molar-refractivity contribution in [2.24, 2.45) is 0 Å². The average Bonchev–Trinajstić information content (AvgIpc) is 2.60. The number of anilines is 1. The number of carboxylic acids is 1. The van der Waals surface area contributed by atoms with Crippen LogP contribution in [-0.2, 0) is 9.59 Å². The van der Waals surface area contributed by atoms with Gasteiger partial charge in [-0.3, -0.25) is 4.79 Å². The molecule has 26 heavy (non-hydrogen) atoms. The molecule has 7 heteroatoms. The monoisotopic (exact) mass is 414 g/mol. The summed E-state index contributed by atoms with van der Waals surface area (Å²) in [6, 6.07) is 15.3. The van der Waals surface area contributed by atoms with Crippen LogP contribution in [0.15, 0.2) is 58.6 Å². The van der Waals surface area contributed by atoms with E-state index in [9.17, 15) is 14.9 Å². The first kappa shape index (κ1) is 19.2. The van der Waals surface area contributed by atoms with Gasteiger partial charge in [-0.2, -0.15) is 5.26 Å². The number of carbonyl (C=O) groups excluding carboxylic acids is 1. The van der Waals surface area contributed by atoms with Crippen molar-refractivity contribution in [3.63, 3.8) is 0 Å². The van der Waals surface area contributed by atoms with Crippen molar-refractivity contribution < 1.29 is 19.4 Å². The van der Waals surface area contributed by atoms with Crippen LogP contribution in [0, 0.1) is 11.3 Å². The number of nitriles is 1. The van der Waals surface area contributed by atoms with Gasteiger partial charge in [-0.25, -0.2) is 4.79 Å². The molecule has 1 amide bonds. The van der Waals surface area contributed by atoms with Crippen LogP contribution < -0.4 is 10.1 Å². The third kappa shape index (κ3) is 5.46. The Morgan fingerprint density at radius 2 is 1.96 bits per heavy atom. The first-order valence-corrected chi connectivity index (χ1v) is 8.36. The van der Waals surface area contributed by atoms with Crippen LogP contribution in [0.1, 0.15) is 12.5 Å². The third-order valence-corrected chi connectivity index (χ3v) is 3.79. The molecule has 0 saturated carbocycles. The first-order valence-electron chi connectivity index (χ1n) is 7.57. The molecule has 2 aromatic rings. The van der Waals surface area contributed by atoms with Gasteiger partial charge in [0.2, 0.25) is 0 Å². The van der Waals surface area contributed by atoms with E-state index in [-0.39, 0.29) is 5.57 Å². The smallest absolute Gasteiger partial charge is 0.344 e. The molecule has 0 saturated heterocycles. The molecule has 0 fully saturated rings. The van der Waals surface area contributed by atoms with Crippen LogP contribution in [0.4, 0.5) is 5.69 Å². The number of hydrogen-bond acceptors (Lipinski definition) is 4. The summed E-state index contributed by atoms with van der Waals surface area (Å²) in [6.45, 7) is 1.43. The SMILES string of the molecule is C[C@H](Oc1ccc(/C=C(/C#N)C(=O)Nc2cccc(Br)c2)cc1)C(=O)O. The molecule has 0 spiro atoms. The van der Waals surface area contributed by atoms with E-state index in [1.165, 1.54) is 13.0 Å². The van der Waals surface area contributed by atoms with E-state index in [1.54, 1.807) is 42.5 Å². The van der Waals surface area contributed by atoms with Crippen LogP contribution in [-0.4, -0.2) is 23.1 Å². The quantitative estimate of drug-likeness (QED) is 0.552. The first-order chi connectivity index (χ1) is 12.4. The van der Waals surface area contributed by atoms with Gasteiger partial charge >= 0.3 is 5.97 Å². The number of carbonyl (C=O) groups is 2. The number of nitrogens with one attached hydrogen (secondary N) is 1. The normalized spacial score (nSPS) is 12.0. The molecule has 1 atom stereocenters. The zero-order valence-electron chi connectivity index (χ0n) is 13.8. The maximum Gasteiger partial charge on any atom is 0.344 e. The molecule has 0 aliphatic carbocycles. The Morgan fingerprint density at radius 3 is 2.54 bits per heavy atom. The van der Waals surface area contributed by atoms with Gasteiger partial charge in [0.05, 0.1) is 0 Å². The van der Waals surface area contributed by atoms with Crippen molar-refractivity contribution in [2.45, 2.75) is 13.0 Å². The molecule has 0 aliphatic rings. The van der Waals surface area contributed by atoms with Gasteiger partial charge in [0, 0.05) is 10.2 Å². The van der Waals surface area contributed by atoms with E-state index < -0.39 is 18.0 Å². The molecule has 0 aliphatic heterocycles. The minimum absolute atomic E-state index is 0.0578. The number of ether oxygens (including phenoxy) is 1. The van der Waals surface area contributed by atoms with Crippen molar-refractivity contribution >= 4 is 39.6 Å². The second kappa shape index (κ2) is 8.83. The maximum absolute atomic E-state index is 12.2. The Labute approximate surface area is 158 Å². The Bertz CT molecular complexity index is 885. The van der Waals surface area contributed by atoms with Crippen LogP contribution >= 0.6 is 15.9 Å². The lowest BCUT2D eigenvalue weighted by Crippen LogP contribution is -2.22. The Kier molecular flexibility index (Phi) is 6.53. The van der Waals surface area contributed by atoms with E-state index in [1.807, 2.05) is 12.1 Å². The predicted octanol–water partition coefficient (Wildman–Crippen LogP) is 3.85. The van der Waals surface area contributed by atoms with Crippen molar-refractivity contribution in [3.8, 4) is 11.8 Å². The maximum atomic E-state index is 12.2. The lowest BCUT2D eigenvalue weighted by Gasteiger charge is -2.10. The summed E-state index contributed by atoms with van der Waals surface area (Å²) in [5.41, 5.74) is 1.12. The van der Waals surface area contributed by atoms with Gasteiger partial charge in [-0.05, 0) is 48.9 Å². The molecular weight excluding hydrogens is 400 g/mol. The number of carboxylic acid groups (broad SMARTS) is 1. The van der Waals surface area contributed by atoms with Gasteiger partial charge in [0.25, 0.3) is 5.91 Å². The molecule has 2 N–H and O–H groups in total. The summed E-state index contributed by atoms with van der Waals surface area (Å²) in [5.74, 6) is -1.20. The molecule has 2 rings (SSSR count). The summed E-state index contributed by atoms with van der Waals surface area (Å²) in [5, 5.41) is 20.7. The fraction of sp³-hybridized carbons (Fsp3) is 0.105. The van der Waals surface area contributed by atoms with Crippen LogP contribution in [0.25, 0.3) is 6.08 Å². The number of nitrogens with zero attached hydrogens (tertiary/aromatic N) is 1. The fourth-order valence-electron chi connectivity index (χ4n) is 1.98.